The predicted molar refractivity (Wildman–Crippen MR) is 62.3 cm³/mol. The Labute approximate surface area is 95.3 Å². The number of hydrogen-bond donors (Lipinski definition) is 1. The summed E-state index contributed by atoms with van der Waals surface area (Å²) in [4.78, 5) is 8.23. The Hall–Kier alpha value is -0.830. The van der Waals surface area contributed by atoms with Gasteiger partial charge in [-0.25, -0.2) is 9.97 Å². The van der Waals surface area contributed by atoms with Crippen LogP contribution in [0.4, 0.5) is 5.82 Å². The number of rotatable bonds is 2. The molecule has 3 nitrogen and oxygen atoms in total. The van der Waals surface area contributed by atoms with Crippen LogP contribution >= 0.6 is 11.6 Å². The van der Waals surface area contributed by atoms with Crippen LogP contribution in [-0.4, -0.2) is 15.5 Å². The zero-order chi connectivity index (χ0) is 10.9. The first-order valence-corrected chi connectivity index (χ1v) is 5.75. The number of aryl methyl sites for hydroxylation is 1. The highest BCUT2D eigenvalue weighted by Gasteiger charge is 2.28. The standard InChI is InChI=1S/C11H16ClN3/c1-8-7-9(14-10(12)13-8)15-11(2)5-3-4-6-11/h7H,3-6H2,1-2H3,(H,13,14,15). The molecule has 4 heteroatoms. The maximum atomic E-state index is 5.82. The van der Waals surface area contributed by atoms with E-state index in [0.717, 1.165) is 11.5 Å². The average molecular weight is 226 g/mol. The third-order valence-corrected chi connectivity index (χ3v) is 3.13. The van der Waals surface area contributed by atoms with Crippen molar-refractivity contribution in [3.05, 3.63) is 17.0 Å². The quantitative estimate of drug-likeness (QED) is 0.786. The molecule has 1 aliphatic rings. The minimum atomic E-state index is 0.185. The monoisotopic (exact) mass is 225 g/mol. The Morgan fingerprint density at radius 2 is 2.00 bits per heavy atom. The van der Waals surface area contributed by atoms with Crippen LogP contribution in [0, 0.1) is 6.92 Å². The lowest BCUT2D eigenvalue weighted by molar-refractivity contribution is 0.531. The topological polar surface area (TPSA) is 37.8 Å². The molecule has 15 heavy (non-hydrogen) atoms. The van der Waals surface area contributed by atoms with Crippen molar-refractivity contribution < 1.29 is 0 Å². The second-order valence-electron chi connectivity index (χ2n) is 4.56. The van der Waals surface area contributed by atoms with Crippen LogP contribution in [0.1, 0.15) is 38.3 Å². The van der Waals surface area contributed by atoms with Gasteiger partial charge in [-0.15, -0.1) is 0 Å². The lowest BCUT2D eigenvalue weighted by Crippen LogP contribution is -2.31. The molecule has 1 aromatic heterocycles. The summed E-state index contributed by atoms with van der Waals surface area (Å²) < 4.78 is 0. The number of anilines is 1. The summed E-state index contributed by atoms with van der Waals surface area (Å²) in [5.74, 6) is 0.844. The Morgan fingerprint density at radius 3 is 2.60 bits per heavy atom. The molecule has 0 aromatic carbocycles. The van der Waals surface area contributed by atoms with Crippen molar-refractivity contribution >= 4 is 17.4 Å². The molecule has 1 aliphatic carbocycles. The second-order valence-corrected chi connectivity index (χ2v) is 4.89. The van der Waals surface area contributed by atoms with Crippen molar-refractivity contribution in [3.8, 4) is 0 Å². The van der Waals surface area contributed by atoms with Crippen LogP contribution < -0.4 is 5.32 Å². The molecule has 1 fully saturated rings. The number of nitrogens with one attached hydrogen (secondary N) is 1. The SMILES string of the molecule is Cc1cc(NC2(C)CCCC2)nc(Cl)n1. The summed E-state index contributed by atoms with van der Waals surface area (Å²) in [7, 11) is 0. The van der Waals surface area contributed by atoms with Crippen molar-refractivity contribution in [1.29, 1.82) is 0 Å². The van der Waals surface area contributed by atoms with E-state index >= 15 is 0 Å². The Morgan fingerprint density at radius 1 is 1.33 bits per heavy atom. The Balaban J connectivity index is 2.16. The van der Waals surface area contributed by atoms with E-state index in [0.29, 0.717) is 5.28 Å². The highest BCUT2D eigenvalue weighted by molar-refractivity contribution is 6.28. The molecule has 2 rings (SSSR count). The van der Waals surface area contributed by atoms with Gasteiger partial charge >= 0.3 is 0 Å². The van der Waals surface area contributed by atoms with Crippen molar-refractivity contribution in [2.24, 2.45) is 0 Å². The number of hydrogen-bond acceptors (Lipinski definition) is 3. The first-order valence-electron chi connectivity index (χ1n) is 5.37. The molecule has 0 bridgehead atoms. The molecule has 0 unspecified atom stereocenters. The summed E-state index contributed by atoms with van der Waals surface area (Å²) in [5.41, 5.74) is 1.09. The Bertz CT molecular complexity index is 339. The highest BCUT2D eigenvalue weighted by Crippen LogP contribution is 2.32. The van der Waals surface area contributed by atoms with Crippen LogP contribution in [0.3, 0.4) is 0 Å². The fourth-order valence-electron chi connectivity index (χ4n) is 2.19. The van der Waals surface area contributed by atoms with E-state index in [-0.39, 0.29) is 5.54 Å². The molecule has 0 radical (unpaired) electrons. The van der Waals surface area contributed by atoms with E-state index in [1.54, 1.807) is 0 Å². The fourth-order valence-corrected chi connectivity index (χ4v) is 2.41. The molecule has 1 saturated carbocycles. The van der Waals surface area contributed by atoms with Gasteiger partial charge in [0.25, 0.3) is 0 Å². The first-order chi connectivity index (χ1) is 7.07. The zero-order valence-corrected chi connectivity index (χ0v) is 9.93. The van der Waals surface area contributed by atoms with Crippen molar-refractivity contribution in [3.63, 3.8) is 0 Å². The average Bonchev–Trinajstić information content (AvgIpc) is 2.49. The van der Waals surface area contributed by atoms with Gasteiger partial charge in [0.1, 0.15) is 5.82 Å². The molecule has 0 amide bonds. The molecule has 1 heterocycles. The zero-order valence-electron chi connectivity index (χ0n) is 9.18. The van der Waals surface area contributed by atoms with Gasteiger partial charge in [-0.3, -0.25) is 0 Å². The van der Waals surface area contributed by atoms with Gasteiger partial charge < -0.3 is 5.32 Å². The molecule has 1 aromatic rings. The van der Waals surface area contributed by atoms with E-state index in [1.165, 1.54) is 25.7 Å². The summed E-state index contributed by atoms with van der Waals surface area (Å²) in [5, 5.41) is 3.78. The summed E-state index contributed by atoms with van der Waals surface area (Å²) in [6, 6.07) is 1.94. The second kappa shape index (κ2) is 3.97. The normalized spacial score (nSPS) is 19.1. The van der Waals surface area contributed by atoms with E-state index < -0.39 is 0 Å². The molecule has 82 valence electrons. The van der Waals surface area contributed by atoms with Gasteiger partial charge in [0.15, 0.2) is 0 Å². The lowest BCUT2D eigenvalue weighted by Gasteiger charge is -2.26. The molecule has 0 saturated heterocycles. The van der Waals surface area contributed by atoms with Crippen LogP contribution in [0.15, 0.2) is 6.07 Å². The first kappa shape index (κ1) is 10.7. The van der Waals surface area contributed by atoms with Crippen LogP contribution in [0.25, 0.3) is 0 Å². The largest absolute Gasteiger partial charge is 0.365 e. The molecule has 1 N–H and O–H groups in total. The molecule has 0 spiro atoms. The van der Waals surface area contributed by atoms with Crippen LogP contribution in [0.2, 0.25) is 5.28 Å². The number of nitrogens with zero attached hydrogens (tertiary/aromatic N) is 2. The van der Waals surface area contributed by atoms with Crippen molar-refractivity contribution in [1.82, 2.24) is 9.97 Å². The third-order valence-electron chi connectivity index (χ3n) is 2.96. The lowest BCUT2D eigenvalue weighted by atomic mass is 10.0. The van der Waals surface area contributed by atoms with E-state index in [1.807, 2.05) is 13.0 Å². The van der Waals surface area contributed by atoms with Crippen molar-refractivity contribution in [2.45, 2.75) is 45.1 Å². The van der Waals surface area contributed by atoms with E-state index in [4.69, 9.17) is 11.6 Å². The van der Waals surface area contributed by atoms with Gasteiger partial charge in [0, 0.05) is 17.3 Å². The van der Waals surface area contributed by atoms with Gasteiger partial charge in [0.05, 0.1) is 0 Å². The van der Waals surface area contributed by atoms with Crippen LogP contribution in [-0.2, 0) is 0 Å². The molecule has 0 atom stereocenters. The summed E-state index contributed by atoms with van der Waals surface area (Å²) in [6.07, 6.45) is 4.99. The maximum absolute atomic E-state index is 5.82. The minimum absolute atomic E-state index is 0.185. The predicted octanol–water partition coefficient (Wildman–Crippen LogP) is 3.18. The number of aromatic nitrogens is 2. The maximum Gasteiger partial charge on any atom is 0.224 e. The molecular formula is C11H16ClN3. The van der Waals surface area contributed by atoms with Crippen LogP contribution in [0.5, 0.6) is 0 Å². The van der Waals surface area contributed by atoms with Gasteiger partial charge in [-0.2, -0.15) is 0 Å². The molecular weight excluding hydrogens is 210 g/mol. The van der Waals surface area contributed by atoms with Gasteiger partial charge in [-0.1, -0.05) is 12.8 Å². The van der Waals surface area contributed by atoms with Crippen molar-refractivity contribution in [2.75, 3.05) is 5.32 Å². The van der Waals surface area contributed by atoms with Gasteiger partial charge in [0.2, 0.25) is 5.28 Å². The molecule has 0 aliphatic heterocycles. The minimum Gasteiger partial charge on any atom is -0.365 e. The summed E-state index contributed by atoms with van der Waals surface area (Å²) >= 11 is 5.82. The summed E-state index contributed by atoms with van der Waals surface area (Å²) in [6.45, 7) is 4.17. The van der Waals surface area contributed by atoms with E-state index in [2.05, 4.69) is 22.2 Å². The Kier molecular flexibility index (Phi) is 2.83. The van der Waals surface area contributed by atoms with Gasteiger partial charge in [-0.05, 0) is 38.3 Å². The highest BCUT2D eigenvalue weighted by atomic mass is 35.5. The third kappa shape index (κ3) is 2.59. The number of halogens is 1. The fraction of sp³-hybridized carbons (Fsp3) is 0.636. The smallest absolute Gasteiger partial charge is 0.224 e. The van der Waals surface area contributed by atoms with E-state index in [9.17, 15) is 0 Å².